The van der Waals surface area contributed by atoms with Crippen LogP contribution < -0.4 is 4.74 Å². The SMILES string of the molecule is COc1ccc(CCN2CCOCC2)cc1CO. The molecule has 1 fully saturated rings. The Bertz CT molecular complexity index is 375. The summed E-state index contributed by atoms with van der Waals surface area (Å²) in [6, 6.07) is 6.03. The van der Waals surface area contributed by atoms with Crippen LogP contribution in [0, 0.1) is 0 Å². The van der Waals surface area contributed by atoms with Gasteiger partial charge >= 0.3 is 0 Å². The quantitative estimate of drug-likeness (QED) is 0.850. The van der Waals surface area contributed by atoms with Gasteiger partial charge < -0.3 is 14.6 Å². The summed E-state index contributed by atoms with van der Waals surface area (Å²) >= 11 is 0. The molecular weight excluding hydrogens is 230 g/mol. The third-order valence-corrected chi connectivity index (χ3v) is 3.34. The van der Waals surface area contributed by atoms with E-state index in [1.807, 2.05) is 12.1 Å². The van der Waals surface area contributed by atoms with Gasteiger partial charge in [0.1, 0.15) is 5.75 Å². The van der Waals surface area contributed by atoms with Crippen molar-refractivity contribution < 1.29 is 14.6 Å². The van der Waals surface area contributed by atoms with Gasteiger partial charge in [0.25, 0.3) is 0 Å². The highest BCUT2D eigenvalue weighted by atomic mass is 16.5. The molecule has 4 nitrogen and oxygen atoms in total. The highest BCUT2D eigenvalue weighted by Gasteiger charge is 2.10. The molecule has 0 amide bonds. The minimum absolute atomic E-state index is 0.0224. The fourth-order valence-corrected chi connectivity index (χ4v) is 2.22. The molecule has 1 heterocycles. The molecule has 0 unspecified atom stereocenters. The first-order valence-electron chi connectivity index (χ1n) is 6.40. The molecule has 0 bridgehead atoms. The summed E-state index contributed by atoms with van der Waals surface area (Å²) in [7, 11) is 1.63. The second kappa shape index (κ2) is 6.73. The van der Waals surface area contributed by atoms with Crippen LogP contribution in [-0.2, 0) is 17.8 Å². The van der Waals surface area contributed by atoms with Crippen LogP contribution in [0.25, 0.3) is 0 Å². The van der Waals surface area contributed by atoms with E-state index in [4.69, 9.17) is 9.47 Å². The molecule has 18 heavy (non-hydrogen) atoms. The number of nitrogens with zero attached hydrogens (tertiary/aromatic N) is 1. The molecule has 1 aromatic rings. The van der Waals surface area contributed by atoms with Crippen molar-refractivity contribution in [3.8, 4) is 5.75 Å². The Balaban J connectivity index is 1.92. The molecule has 0 spiro atoms. The van der Waals surface area contributed by atoms with Gasteiger partial charge in [-0.05, 0) is 24.1 Å². The number of hydrogen-bond acceptors (Lipinski definition) is 4. The standard InChI is InChI=1S/C14H21NO3/c1-17-14-3-2-12(10-13(14)11-16)4-5-15-6-8-18-9-7-15/h2-3,10,16H,4-9,11H2,1H3. The van der Waals surface area contributed by atoms with E-state index in [0.717, 1.165) is 50.6 Å². The second-order valence-corrected chi connectivity index (χ2v) is 4.51. The number of rotatable bonds is 5. The molecule has 0 aliphatic carbocycles. The minimum Gasteiger partial charge on any atom is -0.496 e. The molecule has 100 valence electrons. The van der Waals surface area contributed by atoms with Crippen molar-refractivity contribution in [3.63, 3.8) is 0 Å². The van der Waals surface area contributed by atoms with Crippen LogP contribution in [-0.4, -0.2) is 50.0 Å². The summed E-state index contributed by atoms with van der Waals surface area (Å²) < 4.78 is 10.5. The van der Waals surface area contributed by atoms with Gasteiger partial charge in [-0.2, -0.15) is 0 Å². The Morgan fingerprint density at radius 1 is 1.33 bits per heavy atom. The number of hydrogen-bond donors (Lipinski definition) is 1. The largest absolute Gasteiger partial charge is 0.496 e. The van der Waals surface area contributed by atoms with Crippen molar-refractivity contribution in [2.75, 3.05) is 40.0 Å². The minimum atomic E-state index is 0.0224. The third-order valence-electron chi connectivity index (χ3n) is 3.34. The van der Waals surface area contributed by atoms with Crippen molar-refractivity contribution in [2.45, 2.75) is 13.0 Å². The maximum atomic E-state index is 9.28. The molecule has 0 radical (unpaired) electrons. The Labute approximate surface area is 108 Å². The zero-order valence-corrected chi connectivity index (χ0v) is 10.9. The Morgan fingerprint density at radius 3 is 2.78 bits per heavy atom. The average molecular weight is 251 g/mol. The highest BCUT2D eigenvalue weighted by molar-refractivity contribution is 5.36. The maximum absolute atomic E-state index is 9.28. The lowest BCUT2D eigenvalue weighted by Crippen LogP contribution is -2.37. The molecule has 1 aliphatic rings. The van der Waals surface area contributed by atoms with Gasteiger partial charge in [-0.3, -0.25) is 4.90 Å². The number of benzene rings is 1. The predicted octanol–water partition coefficient (Wildman–Crippen LogP) is 1.06. The second-order valence-electron chi connectivity index (χ2n) is 4.51. The van der Waals surface area contributed by atoms with Gasteiger partial charge in [-0.1, -0.05) is 6.07 Å². The number of aliphatic hydroxyl groups is 1. The highest BCUT2D eigenvalue weighted by Crippen LogP contribution is 2.20. The van der Waals surface area contributed by atoms with Gasteiger partial charge in [-0.25, -0.2) is 0 Å². The van der Waals surface area contributed by atoms with E-state index < -0.39 is 0 Å². The van der Waals surface area contributed by atoms with Crippen molar-refractivity contribution in [1.29, 1.82) is 0 Å². The van der Waals surface area contributed by atoms with Gasteiger partial charge in [0.15, 0.2) is 0 Å². The van der Waals surface area contributed by atoms with E-state index >= 15 is 0 Å². The summed E-state index contributed by atoms with van der Waals surface area (Å²) in [6.07, 6.45) is 0.997. The van der Waals surface area contributed by atoms with Crippen molar-refractivity contribution in [1.82, 2.24) is 4.90 Å². The Morgan fingerprint density at radius 2 is 2.11 bits per heavy atom. The summed E-state index contributed by atoms with van der Waals surface area (Å²) in [4.78, 5) is 2.41. The number of morpholine rings is 1. The van der Waals surface area contributed by atoms with Crippen molar-refractivity contribution >= 4 is 0 Å². The molecule has 1 N–H and O–H groups in total. The van der Waals surface area contributed by atoms with Crippen molar-refractivity contribution in [3.05, 3.63) is 29.3 Å². The number of aliphatic hydroxyl groups excluding tert-OH is 1. The normalized spacial score (nSPS) is 16.8. The Hall–Kier alpha value is -1.10. The molecule has 1 saturated heterocycles. The summed E-state index contributed by atoms with van der Waals surface area (Å²) in [5.41, 5.74) is 2.10. The lowest BCUT2D eigenvalue weighted by atomic mass is 10.1. The van der Waals surface area contributed by atoms with Gasteiger partial charge in [0, 0.05) is 25.2 Å². The summed E-state index contributed by atoms with van der Waals surface area (Å²) in [6.45, 7) is 4.77. The van der Waals surface area contributed by atoms with Crippen LogP contribution in [0.3, 0.4) is 0 Å². The Kier molecular flexibility index (Phi) is 4.99. The fraction of sp³-hybridized carbons (Fsp3) is 0.571. The van der Waals surface area contributed by atoms with E-state index in [-0.39, 0.29) is 6.61 Å². The van der Waals surface area contributed by atoms with Crippen LogP contribution >= 0.6 is 0 Å². The van der Waals surface area contributed by atoms with E-state index in [2.05, 4.69) is 11.0 Å². The van der Waals surface area contributed by atoms with Crippen LogP contribution in [0.15, 0.2) is 18.2 Å². The smallest absolute Gasteiger partial charge is 0.124 e. The average Bonchev–Trinajstić information content (AvgIpc) is 2.45. The lowest BCUT2D eigenvalue weighted by molar-refractivity contribution is 0.0384. The van der Waals surface area contributed by atoms with Crippen molar-refractivity contribution in [2.24, 2.45) is 0 Å². The van der Waals surface area contributed by atoms with Gasteiger partial charge in [0.05, 0.1) is 26.9 Å². The van der Waals surface area contributed by atoms with Gasteiger partial charge in [0.2, 0.25) is 0 Å². The van der Waals surface area contributed by atoms with Crippen LogP contribution in [0.4, 0.5) is 0 Å². The van der Waals surface area contributed by atoms with E-state index in [9.17, 15) is 5.11 Å². The molecule has 1 aromatic carbocycles. The first-order valence-corrected chi connectivity index (χ1v) is 6.40. The maximum Gasteiger partial charge on any atom is 0.124 e. The number of ether oxygens (including phenoxy) is 2. The zero-order chi connectivity index (χ0) is 12.8. The molecule has 4 heteroatoms. The fourth-order valence-electron chi connectivity index (χ4n) is 2.22. The third kappa shape index (κ3) is 3.45. The first kappa shape index (κ1) is 13.3. The van der Waals surface area contributed by atoms with Crippen LogP contribution in [0.2, 0.25) is 0 Å². The van der Waals surface area contributed by atoms with E-state index in [1.54, 1.807) is 7.11 Å². The van der Waals surface area contributed by atoms with Crippen LogP contribution in [0.1, 0.15) is 11.1 Å². The van der Waals surface area contributed by atoms with E-state index in [1.165, 1.54) is 5.56 Å². The molecular formula is C14H21NO3. The molecule has 0 saturated carbocycles. The van der Waals surface area contributed by atoms with Gasteiger partial charge in [-0.15, -0.1) is 0 Å². The molecule has 0 aromatic heterocycles. The summed E-state index contributed by atoms with van der Waals surface area (Å²) in [5.74, 6) is 0.757. The van der Waals surface area contributed by atoms with Crippen LogP contribution in [0.5, 0.6) is 5.75 Å². The van der Waals surface area contributed by atoms with E-state index in [0.29, 0.717) is 0 Å². The predicted molar refractivity (Wildman–Crippen MR) is 69.9 cm³/mol. The lowest BCUT2D eigenvalue weighted by Gasteiger charge is -2.26. The molecule has 2 rings (SSSR count). The summed E-state index contributed by atoms with van der Waals surface area (Å²) in [5, 5.41) is 9.28. The number of methoxy groups -OCH3 is 1. The first-order chi connectivity index (χ1) is 8.83. The monoisotopic (exact) mass is 251 g/mol. The molecule has 1 aliphatic heterocycles. The topological polar surface area (TPSA) is 41.9 Å². The zero-order valence-electron chi connectivity index (χ0n) is 10.9. The molecule has 0 atom stereocenters.